The van der Waals surface area contributed by atoms with Crippen LogP contribution in [0.3, 0.4) is 0 Å². The molecule has 0 aliphatic rings. The molecule has 16 heavy (non-hydrogen) atoms. The molecule has 0 aliphatic heterocycles. The monoisotopic (exact) mass is 223 g/mol. The highest BCUT2D eigenvalue weighted by molar-refractivity contribution is 5.90. The molecule has 1 aromatic rings. The summed E-state index contributed by atoms with van der Waals surface area (Å²) >= 11 is 0. The number of carbonyl (C=O) groups is 2. The van der Waals surface area contributed by atoms with Crippen LogP contribution in [0.5, 0.6) is 5.75 Å². The van der Waals surface area contributed by atoms with Crippen LogP contribution in [0.25, 0.3) is 0 Å². The third-order valence-electron chi connectivity index (χ3n) is 1.98. The van der Waals surface area contributed by atoms with E-state index < -0.39 is 5.97 Å². The second kappa shape index (κ2) is 5.75. The molecule has 2 N–H and O–H groups in total. The van der Waals surface area contributed by atoms with E-state index in [1.807, 2.05) is 0 Å². The second-order valence-corrected chi connectivity index (χ2v) is 3.07. The van der Waals surface area contributed by atoms with Crippen LogP contribution in [0.1, 0.15) is 16.8 Å². The molecule has 5 heteroatoms. The first-order valence-corrected chi connectivity index (χ1v) is 4.81. The topological polar surface area (TPSA) is 75.6 Å². The Kier molecular flexibility index (Phi) is 4.32. The minimum atomic E-state index is -1.05. The second-order valence-electron chi connectivity index (χ2n) is 3.07. The quantitative estimate of drug-likeness (QED) is 0.777. The third kappa shape index (κ3) is 3.27. The minimum Gasteiger partial charge on any atom is -0.492 e. The molecule has 0 saturated heterocycles. The van der Waals surface area contributed by atoms with Crippen molar-refractivity contribution in [3.05, 3.63) is 29.8 Å². The first-order chi connectivity index (χ1) is 7.65. The van der Waals surface area contributed by atoms with Crippen LogP contribution >= 0.6 is 0 Å². The largest absolute Gasteiger partial charge is 0.492 e. The Labute approximate surface area is 93.0 Å². The van der Waals surface area contributed by atoms with Gasteiger partial charge in [-0.1, -0.05) is 12.1 Å². The standard InChI is InChI=1S/C11H13NO4/c1-12-10(13)6-7-16-9-5-3-2-4-8(9)11(14)15/h2-5H,6-7H2,1H3,(H,12,13)(H,14,15). The van der Waals surface area contributed by atoms with Gasteiger partial charge in [0.15, 0.2) is 0 Å². The molecular formula is C11H13NO4. The molecular weight excluding hydrogens is 210 g/mol. The van der Waals surface area contributed by atoms with Crippen molar-refractivity contribution in [2.45, 2.75) is 6.42 Å². The van der Waals surface area contributed by atoms with E-state index >= 15 is 0 Å². The third-order valence-corrected chi connectivity index (χ3v) is 1.98. The average molecular weight is 223 g/mol. The van der Waals surface area contributed by atoms with E-state index in [2.05, 4.69) is 5.32 Å². The van der Waals surface area contributed by atoms with Gasteiger partial charge >= 0.3 is 5.97 Å². The van der Waals surface area contributed by atoms with Gasteiger partial charge in [0.25, 0.3) is 0 Å². The first-order valence-electron chi connectivity index (χ1n) is 4.81. The fourth-order valence-electron chi connectivity index (χ4n) is 1.15. The highest BCUT2D eigenvalue weighted by Gasteiger charge is 2.10. The van der Waals surface area contributed by atoms with Gasteiger partial charge in [-0.2, -0.15) is 0 Å². The molecule has 0 fully saturated rings. The van der Waals surface area contributed by atoms with Crippen molar-refractivity contribution in [2.75, 3.05) is 13.7 Å². The lowest BCUT2D eigenvalue weighted by Gasteiger charge is -2.07. The summed E-state index contributed by atoms with van der Waals surface area (Å²) in [6.45, 7) is 0.157. The van der Waals surface area contributed by atoms with Crippen LogP contribution in [0, 0.1) is 0 Å². The average Bonchev–Trinajstić information content (AvgIpc) is 2.29. The fraction of sp³-hybridized carbons (Fsp3) is 0.273. The summed E-state index contributed by atoms with van der Waals surface area (Å²) in [5, 5.41) is 11.3. The zero-order valence-electron chi connectivity index (χ0n) is 8.90. The summed E-state index contributed by atoms with van der Waals surface area (Å²) in [5.74, 6) is -0.915. The van der Waals surface area contributed by atoms with Gasteiger partial charge in [-0.3, -0.25) is 4.79 Å². The van der Waals surface area contributed by atoms with E-state index in [1.54, 1.807) is 18.2 Å². The number of nitrogens with one attached hydrogen (secondary N) is 1. The van der Waals surface area contributed by atoms with Gasteiger partial charge in [0.05, 0.1) is 13.0 Å². The maximum atomic E-state index is 10.9. The molecule has 0 spiro atoms. The van der Waals surface area contributed by atoms with Crippen LogP contribution in [0.4, 0.5) is 0 Å². The summed E-state index contributed by atoms with van der Waals surface area (Å²) < 4.78 is 5.23. The van der Waals surface area contributed by atoms with E-state index in [0.29, 0.717) is 0 Å². The molecule has 0 aromatic heterocycles. The van der Waals surface area contributed by atoms with Crippen LogP contribution < -0.4 is 10.1 Å². The number of carboxylic acids is 1. The SMILES string of the molecule is CNC(=O)CCOc1ccccc1C(=O)O. The number of hydrogen-bond donors (Lipinski definition) is 2. The molecule has 1 rings (SSSR count). The van der Waals surface area contributed by atoms with Crippen molar-refractivity contribution in [3.8, 4) is 5.75 Å². The Morgan fingerprint density at radius 3 is 2.69 bits per heavy atom. The molecule has 0 saturated carbocycles. The molecule has 86 valence electrons. The van der Waals surface area contributed by atoms with Gasteiger partial charge in [0.1, 0.15) is 11.3 Å². The summed E-state index contributed by atoms with van der Waals surface area (Å²) in [5.41, 5.74) is 0.0967. The van der Waals surface area contributed by atoms with Crippen molar-refractivity contribution in [2.24, 2.45) is 0 Å². The number of carbonyl (C=O) groups excluding carboxylic acids is 1. The zero-order valence-corrected chi connectivity index (χ0v) is 8.90. The summed E-state index contributed by atoms with van der Waals surface area (Å²) in [6, 6.07) is 6.32. The molecule has 0 aliphatic carbocycles. The molecule has 0 unspecified atom stereocenters. The maximum absolute atomic E-state index is 10.9. The number of ether oxygens (including phenoxy) is 1. The zero-order chi connectivity index (χ0) is 12.0. The molecule has 1 aromatic carbocycles. The Hall–Kier alpha value is -2.04. The Morgan fingerprint density at radius 1 is 1.38 bits per heavy atom. The molecule has 0 radical (unpaired) electrons. The molecule has 0 heterocycles. The highest BCUT2D eigenvalue weighted by Crippen LogP contribution is 2.17. The van der Waals surface area contributed by atoms with Crippen LogP contribution in [-0.2, 0) is 4.79 Å². The van der Waals surface area contributed by atoms with Gasteiger partial charge < -0.3 is 15.2 Å². The van der Waals surface area contributed by atoms with E-state index in [9.17, 15) is 9.59 Å². The van der Waals surface area contributed by atoms with E-state index in [-0.39, 0.29) is 30.2 Å². The van der Waals surface area contributed by atoms with E-state index in [1.165, 1.54) is 13.1 Å². The minimum absolute atomic E-state index is 0.0967. The number of aromatic carboxylic acids is 1. The number of carboxylic acid groups (broad SMARTS) is 1. The number of hydrogen-bond acceptors (Lipinski definition) is 3. The number of benzene rings is 1. The van der Waals surface area contributed by atoms with E-state index in [0.717, 1.165) is 0 Å². The molecule has 0 bridgehead atoms. The highest BCUT2D eigenvalue weighted by atomic mass is 16.5. The number of amides is 1. The molecule has 5 nitrogen and oxygen atoms in total. The van der Waals surface area contributed by atoms with Gasteiger partial charge in [0, 0.05) is 7.05 Å². The molecule has 0 atom stereocenters. The van der Waals surface area contributed by atoms with Gasteiger partial charge in [-0.05, 0) is 12.1 Å². The Balaban J connectivity index is 2.60. The van der Waals surface area contributed by atoms with Gasteiger partial charge in [-0.15, -0.1) is 0 Å². The fourth-order valence-corrected chi connectivity index (χ4v) is 1.15. The van der Waals surface area contributed by atoms with Crippen LogP contribution in [0.2, 0.25) is 0 Å². The van der Waals surface area contributed by atoms with Crippen molar-refractivity contribution in [1.82, 2.24) is 5.32 Å². The van der Waals surface area contributed by atoms with E-state index in [4.69, 9.17) is 9.84 Å². The van der Waals surface area contributed by atoms with Crippen molar-refractivity contribution >= 4 is 11.9 Å². The lowest BCUT2D eigenvalue weighted by molar-refractivity contribution is -0.121. The first kappa shape index (κ1) is 12.0. The number of para-hydroxylation sites is 1. The number of rotatable bonds is 5. The van der Waals surface area contributed by atoms with Gasteiger partial charge in [-0.25, -0.2) is 4.79 Å². The maximum Gasteiger partial charge on any atom is 0.339 e. The normalized spacial score (nSPS) is 9.56. The smallest absolute Gasteiger partial charge is 0.339 e. The predicted octanol–water partition coefficient (Wildman–Crippen LogP) is 0.900. The van der Waals surface area contributed by atoms with Crippen molar-refractivity contribution < 1.29 is 19.4 Å². The Morgan fingerprint density at radius 2 is 2.06 bits per heavy atom. The Bertz CT molecular complexity index is 389. The van der Waals surface area contributed by atoms with Gasteiger partial charge in [0.2, 0.25) is 5.91 Å². The molecule has 1 amide bonds. The van der Waals surface area contributed by atoms with Crippen molar-refractivity contribution in [1.29, 1.82) is 0 Å². The van der Waals surface area contributed by atoms with Crippen LogP contribution in [-0.4, -0.2) is 30.6 Å². The predicted molar refractivity (Wildman–Crippen MR) is 57.6 cm³/mol. The summed E-state index contributed by atoms with van der Waals surface area (Å²) in [4.78, 5) is 21.7. The summed E-state index contributed by atoms with van der Waals surface area (Å²) in [6.07, 6.45) is 0.199. The van der Waals surface area contributed by atoms with Crippen LogP contribution in [0.15, 0.2) is 24.3 Å². The summed E-state index contributed by atoms with van der Waals surface area (Å²) in [7, 11) is 1.54. The van der Waals surface area contributed by atoms with Crippen molar-refractivity contribution in [3.63, 3.8) is 0 Å². The lowest BCUT2D eigenvalue weighted by atomic mass is 10.2. The lowest BCUT2D eigenvalue weighted by Crippen LogP contribution is -2.20.